The number of rotatable bonds is 8. The van der Waals surface area contributed by atoms with Gasteiger partial charge in [-0.3, -0.25) is 9.48 Å². The molecular weight excluding hydrogens is 476 g/mol. The van der Waals surface area contributed by atoms with Gasteiger partial charge in [-0.05, 0) is 18.6 Å². The number of carbonyl (C=O) groups is 1. The third kappa shape index (κ3) is 4.64. The lowest BCUT2D eigenvalue weighted by atomic mass is 10.1. The summed E-state index contributed by atoms with van der Waals surface area (Å²) in [5.74, 6) is -0.228. The maximum absolute atomic E-state index is 13.3. The molecule has 1 aliphatic rings. The van der Waals surface area contributed by atoms with E-state index in [0.29, 0.717) is 36.7 Å². The van der Waals surface area contributed by atoms with E-state index in [1.54, 1.807) is 18.5 Å². The van der Waals surface area contributed by atoms with E-state index < -0.39 is 18.6 Å². The third-order valence-corrected chi connectivity index (χ3v) is 5.63. The Hall–Kier alpha value is -4.26. The number of nitrogens with one attached hydrogen (secondary N) is 2. The minimum absolute atomic E-state index is 0.131. The average molecular weight is 499 g/mol. The number of ether oxygens (including phenoxy) is 2. The van der Waals surface area contributed by atoms with Gasteiger partial charge in [0.1, 0.15) is 29.4 Å². The Balaban J connectivity index is 1.58. The molecular formula is C23H23F2N7O4. The van der Waals surface area contributed by atoms with Crippen LogP contribution >= 0.6 is 0 Å². The average Bonchev–Trinajstić information content (AvgIpc) is 3.47. The molecule has 36 heavy (non-hydrogen) atoms. The lowest BCUT2D eigenvalue weighted by Crippen LogP contribution is -2.18. The Bertz CT molecular complexity index is 1400. The van der Waals surface area contributed by atoms with Gasteiger partial charge in [-0.1, -0.05) is 6.92 Å². The monoisotopic (exact) mass is 499 g/mol. The van der Waals surface area contributed by atoms with E-state index in [1.807, 2.05) is 6.92 Å². The first kappa shape index (κ1) is 23.5. The van der Waals surface area contributed by atoms with E-state index >= 15 is 0 Å². The number of aliphatic hydroxyl groups excluding tert-OH is 1. The van der Waals surface area contributed by atoms with Crippen LogP contribution in [0.15, 0.2) is 43.0 Å². The Morgan fingerprint density at radius 3 is 3.06 bits per heavy atom. The highest BCUT2D eigenvalue weighted by Crippen LogP contribution is 2.42. The van der Waals surface area contributed by atoms with Crippen molar-refractivity contribution in [3.05, 3.63) is 48.5 Å². The smallest absolute Gasteiger partial charge is 0.387 e. The maximum atomic E-state index is 13.3. The van der Waals surface area contributed by atoms with Gasteiger partial charge in [-0.25, -0.2) is 9.50 Å². The van der Waals surface area contributed by atoms with Crippen LogP contribution < -0.4 is 20.1 Å². The van der Waals surface area contributed by atoms with Crippen LogP contribution in [0.25, 0.3) is 16.9 Å². The third-order valence-electron chi connectivity index (χ3n) is 5.63. The van der Waals surface area contributed by atoms with Crippen molar-refractivity contribution < 1.29 is 28.2 Å². The summed E-state index contributed by atoms with van der Waals surface area (Å²) in [4.78, 5) is 17.4. The Morgan fingerprint density at radius 1 is 1.39 bits per heavy atom. The highest BCUT2D eigenvalue weighted by Gasteiger charge is 2.25. The van der Waals surface area contributed by atoms with Crippen molar-refractivity contribution in [2.75, 3.05) is 23.8 Å². The minimum Gasteiger partial charge on any atom is -0.490 e. The van der Waals surface area contributed by atoms with E-state index in [4.69, 9.17) is 9.47 Å². The number of aliphatic hydroxyl groups is 1. The first-order chi connectivity index (χ1) is 17.4. The number of aromatic nitrogens is 5. The van der Waals surface area contributed by atoms with Crippen molar-refractivity contribution in [1.29, 1.82) is 0 Å². The first-order valence-corrected chi connectivity index (χ1v) is 11.3. The molecule has 0 aliphatic carbocycles. The molecule has 4 heterocycles. The van der Waals surface area contributed by atoms with Crippen LogP contribution in [0.1, 0.15) is 23.7 Å². The summed E-state index contributed by atoms with van der Waals surface area (Å²) in [6, 6.07) is 4.63. The van der Waals surface area contributed by atoms with Crippen molar-refractivity contribution in [2.24, 2.45) is 0 Å². The fourth-order valence-corrected chi connectivity index (χ4v) is 3.87. The highest BCUT2D eigenvalue weighted by molar-refractivity contribution is 6.09. The number of carbonyl (C=O) groups excluding carboxylic acids is 1. The molecule has 0 fully saturated rings. The summed E-state index contributed by atoms with van der Waals surface area (Å²) < 4.78 is 40.0. The van der Waals surface area contributed by atoms with Crippen LogP contribution in [-0.2, 0) is 6.54 Å². The molecule has 1 amide bonds. The zero-order valence-corrected chi connectivity index (χ0v) is 19.2. The van der Waals surface area contributed by atoms with Crippen LogP contribution in [0, 0.1) is 0 Å². The molecule has 1 aliphatic heterocycles. The molecule has 0 unspecified atom stereocenters. The van der Waals surface area contributed by atoms with Crippen LogP contribution in [-0.4, -0.2) is 61.3 Å². The molecule has 188 valence electrons. The topological polar surface area (TPSA) is 128 Å². The number of amides is 1. The molecule has 4 aromatic rings. The van der Waals surface area contributed by atoms with Gasteiger partial charge in [0.25, 0.3) is 5.91 Å². The van der Waals surface area contributed by atoms with Crippen molar-refractivity contribution in [1.82, 2.24) is 24.4 Å². The first-order valence-electron chi connectivity index (χ1n) is 11.3. The second-order valence-corrected chi connectivity index (χ2v) is 8.07. The summed E-state index contributed by atoms with van der Waals surface area (Å²) in [7, 11) is 0. The maximum Gasteiger partial charge on any atom is 0.387 e. The predicted octanol–water partition coefficient (Wildman–Crippen LogP) is 3.02. The molecule has 0 radical (unpaired) electrons. The van der Waals surface area contributed by atoms with E-state index in [1.165, 1.54) is 33.7 Å². The molecule has 1 atom stereocenters. The van der Waals surface area contributed by atoms with Gasteiger partial charge in [0.05, 0.1) is 35.8 Å². The molecule has 0 spiro atoms. The van der Waals surface area contributed by atoms with Crippen molar-refractivity contribution >= 4 is 22.9 Å². The summed E-state index contributed by atoms with van der Waals surface area (Å²) in [6.07, 6.45) is 5.88. The van der Waals surface area contributed by atoms with Crippen molar-refractivity contribution in [3.8, 4) is 22.8 Å². The zero-order chi connectivity index (χ0) is 25.2. The number of halogens is 2. The SMILES string of the molecule is CC[C@@H](O)Cn1cc(NC(=O)c2cnn3cccnc23)c(-c2cc3c(cc2OC(F)F)NCCO3)n1. The van der Waals surface area contributed by atoms with Crippen LogP contribution in [0.2, 0.25) is 0 Å². The second kappa shape index (κ2) is 9.77. The number of alkyl halides is 2. The summed E-state index contributed by atoms with van der Waals surface area (Å²) in [5.41, 5.74) is 1.65. The van der Waals surface area contributed by atoms with Gasteiger partial charge in [0, 0.05) is 31.2 Å². The fourth-order valence-electron chi connectivity index (χ4n) is 3.87. The number of hydrogen-bond acceptors (Lipinski definition) is 8. The molecule has 0 saturated carbocycles. The van der Waals surface area contributed by atoms with E-state index in [0.717, 1.165) is 0 Å². The van der Waals surface area contributed by atoms with Crippen LogP contribution in [0.4, 0.5) is 20.2 Å². The number of fused-ring (bicyclic) bond motifs is 2. The second-order valence-electron chi connectivity index (χ2n) is 8.07. The number of anilines is 2. The molecule has 3 N–H and O–H groups in total. The minimum atomic E-state index is -3.08. The van der Waals surface area contributed by atoms with Gasteiger partial charge >= 0.3 is 6.61 Å². The molecule has 11 nitrogen and oxygen atoms in total. The van der Waals surface area contributed by atoms with E-state index in [9.17, 15) is 18.7 Å². The Morgan fingerprint density at radius 2 is 2.25 bits per heavy atom. The van der Waals surface area contributed by atoms with E-state index in [2.05, 4.69) is 25.8 Å². The van der Waals surface area contributed by atoms with Gasteiger partial charge < -0.3 is 25.2 Å². The molecule has 5 rings (SSSR count). The number of hydrogen-bond donors (Lipinski definition) is 3. The standard InChI is InChI=1S/C23H23F2N7O4/c1-2-13(33)11-31-12-17(29-22(34)15-10-28-32-6-3-4-27-21(15)32)20(30-31)14-8-19-16(26-5-7-35-19)9-18(14)36-23(24)25/h3-4,6,8-10,12-13,23,26,33H,2,5,7,11H2,1H3,(H,29,34)/t13-/m1/s1. The molecule has 0 bridgehead atoms. The highest BCUT2D eigenvalue weighted by atomic mass is 19.3. The quantitative estimate of drug-likeness (QED) is 0.338. The number of benzene rings is 1. The van der Waals surface area contributed by atoms with Gasteiger partial charge in [-0.2, -0.15) is 19.0 Å². The zero-order valence-electron chi connectivity index (χ0n) is 19.2. The largest absolute Gasteiger partial charge is 0.490 e. The molecule has 1 aromatic carbocycles. The Labute approximate surface area is 203 Å². The lowest BCUT2D eigenvalue weighted by molar-refractivity contribution is -0.0494. The van der Waals surface area contributed by atoms with Gasteiger partial charge in [-0.15, -0.1) is 0 Å². The van der Waals surface area contributed by atoms with Crippen LogP contribution in [0.5, 0.6) is 11.5 Å². The Kier molecular flexibility index (Phi) is 6.38. The normalized spacial score (nSPS) is 13.7. The van der Waals surface area contributed by atoms with E-state index in [-0.39, 0.29) is 34.8 Å². The van der Waals surface area contributed by atoms with Crippen molar-refractivity contribution in [3.63, 3.8) is 0 Å². The molecule has 0 saturated heterocycles. The fraction of sp³-hybridized carbons (Fsp3) is 0.304. The molecule has 13 heteroatoms. The lowest BCUT2D eigenvalue weighted by Gasteiger charge is -2.21. The van der Waals surface area contributed by atoms with Crippen LogP contribution in [0.3, 0.4) is 0 Å². The summed E-state index contributed by atoms with van der Waals surface area (Å²) in [6.45, 7) is -0.231. The number of nitrogens with zero attached hydrogens (tertiary/aromatic N) is 5. The predicted molar refractivity (Wildman–Crippen MR) is 126 cm³/mol. The van der Waals surface area contributed by atoms with Gasteiger partial charge in [0.15, 0.2) is 5.65 Å². The summed E-state index contributed by atoms with van der Waals surface area (Å²) >= 11 is 0. The molecule has 3 aromatic heterocycles. The van der Waals surface area contributed by atoms with Crippen molar-refractivity contribution in [2.45, 2.75) is 32.6 Å². The summed E-state index contributed by atoms with van der Waals surface area (Å²) in [5, 5.41) is 24.6. The van der Waals surface area contributed by atoms with Gasteiger partial charge in [0.2, 0.25) is 0 Å².